The molecule has 1 aliphatic carbocycles. The number of hydrogen-bond acceptors (Lipinski definition) is 7. The van der Waals surface area contributed by atoms with Crippen LogP contribution in [-0.2, 0) is 4.74 Å². The van der Waals surface area contributed by atoms with Crippen LogP contribution in [0.1, 0.15) is 49.2 Å². The summed E-state index contributed by atoms with van der Waals surface area (Å²) >= 11 is 0. The molecule has 0 spiro atoms. The van der Waals surface area contributed by atoms with Crippen LogP contribution < -0.4 is 10.2 Å². The first-order valence-corrected chi connectivity index (χ1v) is 11.6. The molecule has 2 fully saturated rings. The van der Waals surface area contributed by atoms with Crippen LogP contribution in [-0.4, -0.2) is 60.9 Å². The lowest BCUT2D eigenvalue weighted by Gasteiger charge is -2.44. The number of pyridine rings is 1. The summed E-state index contributed by atoms with van der Waals surface area (Å²) in [6, 6.07) is 8.39. The van der Waals surface area contributed by atoms with E-state index in [4.69, 9.17) is 10.1 Å². The Balaban J connectivity index is 1.74. The van der Waals surface area contributed by atoms with Gasteiger partial charge in [-0.15, -0.1) is 0 Å². The van der Waals surface area contributed by atoms with Gasteiger partial charge in [-0.25, -0.2) is 14.2 Å². The number of nitrogens with zero attached hydrogens (tertiary/aromatic N) is 3. The molecule has 1 saturated carbocycles. The van der Waals surface area contributed by atoms with Crippen LogP contribution in [0.5, 0.6) is 0 Å². The van der Waals surface area contributed by atoms with Gasteiger partial charge in [-0.3, -0.25) is 4.90 Å². The molecule has 2 aromatic rings. The van der Waals surface area contributed by atoms with Crippen molar-refractivity contribution >= 4 is 28.9 Å². The predicted molar refractivity (Wildman–Crippen MR) is 128 cm³/mol. The van der Waals surface area contributed by atoms with Crippen molar-refractivity contribution in [3.05, 3.63) is 47.4 Å². The standard InChI is InChI=1S/C25H32FN5O2/c1-16(2)23(27)22-21(31-13-11-30(12-14-31)19-5-4-6-19)15-20(25(32)33-3)29-24(22)28-18-9-7-17(26)8-10-18/h7-10,15-16,19,27H,4-6,11-14H2,1-3H3,(H,28,29). The van der Waals surface area contributed by atoms with Gasteiger partial charge in [-0.05, 0) is 49.1 Å². The number of methoxy groups -OCH3 is 1. The van der Waals surface area contributed by atoms with Crippen molar-refractivity contribution in [2.45, 2.75) is 39.2 Å². The molecule has 1 aromatic carbocycles. The topological polar surface area (TPSA) is 81.5 Å². The second-order valence-electron chi connectivity index (χ2n) is 9.05. The minimum absolute atomic E-state index is 0.0421. The molecule has 1 aliphatic heterocycles. The average molecular weight is 454 g/mol. The second kappa shape index (κ2) is 9.87. The summed E-state index contributed by atoms with van der Waals surface area (Å²) in [6.45, 7) is 7.48. The van der Waals surface area contributed by atoms with Crippen molar-refractivity contribution in [3.63, 3.8) is 0 Å². The summed E-state index contributed by atoms with van der Waals surface area (Å²) in [4.78, 5) is 21.8. The Bertz CT molecular complexity index is 1010. The van der Waals surface area contributed by atoms with Crippen molar-refractivity contribution in [2.24, 2.45) is 5.92 Å². The van der Waals surface area contributed by atoms with Crippen molar-refractivity contribution in [1.29, 1.82) is 5.41 Å². The zero-order valence-electron chi connectivity index (χ0n) is 19.5. The number of hydrogen-bond donors (Lipinski definition) is 2. The van der Waals surface area contributed by atoms with E-state index in [0.29, 0.717) is 28.8 Å². The van der Waals surface area contributed by atoms with Gasteiger partial charge in [0.25, 0.3) is 0 Å². The number of esters is 1. The lowest BCUT2D eigenvalue weighted by Crippen LogP contribution is -2.52. The van der Waals surface area contributed by atoms with Crippen molar-refractivity contribution < 1.29 is 13.9 Å². The zero-order valence-corrected chi connectivity index (χ0v) is 19.5. The second-order valence-corrected chi connectivity index (χ2v) is 9.05. The smallest absolute Gasteiger partial charge is 0.356 e. The van der Waals surface area contributed by atoms with Crippen molar-refractivity contribution in [2.75, 3.05) is 43.5 Å². The number of benzene rings is 1. The summed E-state index contributed by atoms with van der Waals surface area (Å²) in [5.74, 6) is -0.509. The fourth-order valence-corrected chi connectivity index (χ4v) is 4.38. The quantitative estimate of drug-likeness (QED) is 0.476. The lowest BCUT2D eigenvalue weighted by molar-refractivity contribution is 0.0594. The molecule has 0 amide bonds. The lowest BCUT2D eigenvalue weighted by atomic mass is 9.91. The number of carbonyl (C=O) groups excluding carboxylic acids is 1. The Morgan fingerprint density at radius 2 is 1.85 bits per heavy atom. The fraction of sp³-hybridized carbons (Fsp3) is 0.480. The molecular weight excluding hydrogens is 421 g/mol. The molecule has 8 heteroatoms. The summed E-state index contributed by atoms with van der Waals surface area (Å²) in [7, 11) is 1.33. The van der Waals surface area contributed by atoms with Crippen LogP contribution in [0.2, 0.25) is 0 Å². The monoisotopic (exact) mass is 453 g/mol. The number of nitrogens with one attached hydrogen (secondary N) is 2. The molecule has 2 aliphatic rings. The van der Waals surface area contributed by atoms with Crippen LogP contribution in [0, 0.1) is 17.1 Å². The van der Waals surface area contributed by atoms with E-state index in [1.807, 2.05) is 13.8 Å². The van der Waals surface area contributed by atoms with Crippen molar-refractivity contribution in [1.82, 2.24) is 9.88 Å². The van der Waals surface area contributed by atoms with E-state index in [1.165, 1.54) is 38.5 Å². The third-order valence-corrected chi connectivity index (χ3v) is 6.59. The van der Waals surface area contributed by atoms with E-state index in [2.05, 4.69) is 20.1 Å². The van der Waals surface area contributed by atoms with Crippen LogP contribution in [0.3, 0.4) is 0 Å². The molecule has 4 rings (SSSR count). The normalized spacial score (nSPS) is 17.1. The number of rotatable bonds is 7. The molecule has 1 saturated heterocycles. The van der Waals surface area contributed by atoms with Crippen molar-refractivity contribution in [3.8, 4) is 0 Å². The number of aromatic nitrogens is 1. The number of piperazine rings is 1. The minimum Gasteiger partial charge on any atom is -0.464 e. The van der Waals surface area contributed by atoms with Gasteiger partial charge in [0.1, 0.15) is 11.6 Å². The summed E-state index contributed by atoms with van der Waals surface area (Å²) in [5, 5.41) is 12.1. The Morgan fingerprint density at radius 3 is 2.39 bits per heavy atom. The molecular formula is C25H32FN5O2. The Kier molecular flexibility index (Phi) is 6.93. The third-order valence-electron chi connectivity index (χ3n) is 6.59. The van der Waals surface area contributed by atoms with Crippen LogP contribution in [0.25, 0.3) is 0 Å². The fourth-order valence-electron chi connectivity index (χ4n) is 4.38. The van der Waals surface area contributed by atoms with Gasteiger partial charge in [0.05, 0.1) is 18.4 Å². The summed E-state index contributed by atoms with van der Waals surface area (Å²) < 4.78 is 18.4. The SMILES string of the molecule is COC(=O)c1cc(N2CCN(C3CCC3)CC2)c(C(=N)C(C)C)c(Nc2ccc(F)cc2)n1. The number of halogens is 1. The highest BCUT2D eigenvalue weighted by Crippen LogP contribution is 2.34. The first kappa shape index (κ1) is 23.2. The first-order chi connectivity index (χ1) is 15.9. The van der Waals surface area contributed by atoms with Crippen LogP contribution >= 0.6 is 0 Å². The maximum absolute atomic E-state index is 13.4. The summed E-state index contributed by atoms with van der Waals surface area (Å²) in [6.07, 6.45) is 3.86. The van der Waals surface area contributed by atoms with E-state index >= 15 is 0 Å². The molecule has 0 unspecified atom stereocenters. The molecule has 0 bridgehead atoms. The molecule has 0 radical (unpaired) electrons. The maximum atomic E-state index is 13.4. The maximum Gasteiger partial charge on any atom is 0.356 e. The largest absolute Gasteiger partial charge is 0.464 e. The molecule has 2 N–H and O–H groups in total. The molecule has 33 heavy (non-hydrogen) atoms. The zero-order chi connectivity index (χ0) is 23.5. The molecule has 1 aromatic heterocycles. The highest BCUT2D eigenvalue weighted by atomic mass is 19.1. The Hall–Kier alpha value is -3.00. The van der Waals surface area contributed by atoms with E-state index < -0.39 is 5.97 Å². The average Bonchev–Trinajstić information content (AvgIpc) is 2.78. The third kappa shape index (κ3) is 5.00. The molecule has 0 atom stereocenters. The first-order valence-electron chi connectivity index (χ1n) is 11.6. The van der Waals surface area contributed by atoms with Gasteiger partial charge in [0.15, 0.2) is 5.69 Å². The van der Waals surface area contributed by atoms with Crippen LogP contribution in [0.15, 0.2) is 30.3 Å². The highest BCUT2D eigenvalue weighted by Gasteiger charge is 2.31. The highest BCUT2D eigenvalue weighted by molar-refractivity contribution is 6.09. The van der Waals surface area contributed by atoms with Crippen LogP contribution in [0.4, 0.5) is 21.6 Å². The number of ether oxygens (including phenoxy) is 1. The predicted octanol–water partition coefficient (Wildman–Crippen LogP) is 4.45. The molecule has 176 valence electrons. The number of anilines is 3. The van der Waals surface area contributed by atoms with E-state index in [1.54, 1.807) is 18.2 Å². The van der Waals surface area contributed by atoms with Gasteiger partial charge in [-0.2, -0.15) is 0 Å². The molecule has 7 nitrogen and oxygen atoms in total. The Labute approximate surface area is 194 Å². The Morgan fingerprint density at radius 1 is 1.18 bits per heavy atom. The van der Waals surface area contributed by atoms with E-state index in [9.17, 15) is 9.18 Å². The van der Waals surface area contributed by atoms with E-state index in [0.717, 1.165) is 31.9 Å². The van der Waals surface area contributed by atoms with Gasteiger partial charge in [0, 0.05) is 43.6 Å². The van der Waals surface area contributed by atoms with E-state index in [-0.39, 0.29) is 17.4 Å². The van der Waals surface area contributed by atoms with Gasteiger partial charge >= 0.3 is 5.97 Å². The van der Waals surface area contributed by atoms with Gasteiger partial charge < -0.3 is 20.4 Å². The molecule has 2 heterocycles. The minimum atomic E-state index is -0.533. The number of carbonyl (C=O) groups is 1. The van der Waals surface area contributed by atoms with Gasteiger partial charge in [-0.1, -0.05) is 20.3 Å². The summed E-state index contributed by atoms with van der Waals surface area (Å²) in [5.41, 5.74) is 2.71. The van der Waals surface area contributed by atoms with Gasteiger partial charge in [0.2, 0.25) is 0 Å².